The molecule has 8 rings (SSSR count). The predicted molar refractivity (Wildman–Crippen MR) is 208 cm³/mol. The van der Waals surface area contributed by atoms with Crippen LogP contribution < -0.4 is 4.74 Å². The number of hydrogen-bond acceptors (Lipinski definition) is 4. The number of nitrogens with zero attached hydrogens (tertiary/aromatic N) is 2. The molecule has 1 N–H and O–H groups in total. The molecule has 2 heterocycles. The Morgan fingerprint density at radius 3 is 1.90 bits per heavy atom. The van der Waals surface area contributed by atoms with Crippen molar-refractivity contribution < 1.29 is 9.84 Å². The number of aromatic nitrogens is 2. The lowest BCUT2D eigenvalue weighted by atomic mass is 9.77. The van der Waals surface area contributed by atoms with E-state index >= 15 is 0 Å². The lowest BCUT2D eigenvalue weighted by Gasteiger charge is -2.28. The van der Waals surface area contributed by atoms with Crippen molar-refractivity contribution in [1.82, 2.24) is 9.97 Å². The van der Waals surface area contributed by atoms with Gasteiger partial charge in [-0.15, -0.1) is 0 Å². The van der Waals surface area contributed by atoms with E-state index in [1.165, 1.54) is 33.4 Å². The highest BCUT2D eigenvalue weighted by molar-refractivity contribution is 5.77. The molecule has 0 bridgehead atoms. The van der Waals surface area contributed by atoms with E-state index in [4.69, 9.17) is 14.7 Å². The smallest absolute Gasteiger partial charge is 0.222 e. The molecule has 0 radical (unpaired) electrons. The van der Waals surface area contributed by atoms with E-state index in [1.54, 1.807) is 6.07 Å². The van der Waals surface area contributed by atoms with Gasteiger partial charge in [0.2, 0.25) is 11.8 Å². The average Bonchev–Trinajstić information content (AvgIpc) is 3.64. The van der Waals surface area contributed by atoms with Crippen LogP contribution in [0.15, 0.2) is 115 Å². The lowest BCUT2D eigenvalue weighted by molar-refractivity contribution is 0.326. The molecule has 0 aliphatic heterocycles. The Morgan fingerprint density at radius 2 is 1.20 bits per heavy atom. The van der Waals surface area contributed by atoms with Crippen LogP contribution in [0.4, 0.5) is 0 Å². The van der Waals surface area contributed by atoms with Crippen LogP contribution in [-0.2, 0) is 36.5 Å². The van der Waals surface area contributed by atoms with Gasteiger partial charge in [-0.05, 0) is 117 Å². The van der Waals surface area contributed by atoms with E-state index in [-0.39, 0.29) is 16.6 Å². The molecular formula is C47H46N2O2. The van der Waals surface area contributed by atoms with Gasteiger partial charge in [-0.25, -0.2) is 9.97 Å². The summed E-state index contributed by atoms with van der Waals surface area (Å²) in [5, 5.41) is 10.9. The van der Waals surface area contributed by atoms with Crippen LogP contribution in [0.3, 0.4) is 0 Å². The van der Waals surface area contributed by atoms with Gasteiger partial charge in [0.25, 0.3) is 0 Å². The minimum absolute atomic E-state index is 0.0192. The first-order valence-electron chi connectivity index (χ1n) is 18.1. The van der Waals surface area contributed by atoms with Crippen molar-refractivity contribution in [3.05, 3.63) is 149 Å². The van der Waals surface area contributed by atoms with Gasteiger partial charge >= 0.3 is 0 Å². The van der Waals surface area contributed by atoms with Crippen LogP contribution in [0.2, 0.25) is 0 Å². The number of pyridine rings is 2. The van der Waals surface area contributed by atoms with Gasteiger partial charge in [-0.1, -0.05) is 114 Å². The van der Waals surface area contributed by atoms with Gasteiger partial charge in [0.15, 0.2) is 0 Å². The van der Waals surface area contributed by atoms with Crippen molar-refractivity contribution in [3.8, 4) is 51.2 Å². The first kappa shape index (κ1) is 33.0. The van der Waals surface area contributed by atoms with Gasteiger partial charge in [0.05, 0.1) is 11.4 Å². The summed E-state index contributed by atoms with van der Waals surface area (Å²) in [6.07, 6.45) is 4.54. The SMILES string of the molecule is CC(C)(C)c1ccc(-c2cc(Oc3cccc(-c4ccc5c(c4)CC4(Cc6ccccc6C4)C5)n3)nc(-c3ccccc3O)c2)c(C(C)(C)C)c1. The van der Waals surface area contributed by atoms with Crippen molar-refractivity contribution in [2.45, 2.75) is 78.1 Å². The molecule has 4 nitrogen and oxygen atoms in total. The number of fused-ring (bicyclic) bond motifs is 2. The Bertz CT molecular complexity index is 2260. The molecule has 6 aromatic rings. The van der Waals surface area contributed by atoms with Crippen LogP contribution in [0, 0.1) is 5.41 Å². The van der Waals surface area contributed by atoms with Gasteiger partial charge in [-0.3, -0.25) is 0 Å². The minimum Gasteiger partial charge on any atom is -0.507 e. The molecule has 51 heavy (non-hydrogen) atoms. The minimum atomic E-state index is -0.108. The van der Waals surface area contributed by atoms with Gasteiger partial charge in [-0.2, -0.15) is 0 Å². The molecule has 0 amide bonds. The molecule has 0 saturated carbocycles. The molecule has 0 fully saturated rings. The van der Waals surface area contributed by atoms with Gasteiger partial charge in [0.1, 0.15) is 5.75 Å². The van der Waals surface area contributed by atoms with Crippen LogP contribution >= 0.6 is 0 Å². The van der Waals surface area contributed by atoms with Crippen molar-refractivity contribution in [2.24, 2.45) is 5.41 Å². The predicted octanol–water partition coefficient (Wildman–Crippen LogP) is 11.5. The molecule has 0 unspecified atom stereocenters. The molecular weight excluding hydrogens is 625 g/mol. The number of benzene rings is 4. The third-order valence-corrected chi connectivity index (χ3v) is 10.8. The fourth-order valence-corrected chi connectivity index (χ4v) is 8.18. The first-order valence-corrected chi connectivity index (χ1v) is 18.1. The molecule has 256 valence electrons. The summed E-state index contributed by atoms with van der Waals surface area (Å²) in [4.78, 5) is 9.91. The van der Waals surface area contributed by atoms with E-state index in [0.29, 0.717) is 28.4 Å². The van der Waals surface area contributed by atoms with Gasteiger partial charge < -0.3 is 9.84 Å². The second-order valence-corrected chi connectivity index (χ2v) is 16.8. The van der Waals surface area contributed by atoms with Crippen LogP contribution in [0.5, 0.6) is 17.5 Å². The highest BCUT2D eigenvalue weighted by Gasteiger charge is 2.42. The fourth-order valence-electron chi connectivity index (χ4n) is 8.18. The third-order valence-electron chi connectivity index (χ3n) is 10.8. The topological polar surface area (TPSA) is 55.2 Å². The number of ether oxygens (including phenoxy) is 1. The quantitative estimate of drug-likeness (QED) is 0.198. The van der Waals surface area contributed by atoms with Crippen LogP contribution in [0.1, 0.15) is 74.9 Å². The number of phenolic OH excluding ortho intramolecular Hbond substituents is 1. The Hall–Kier alpha value is -5.22. The molecule has 2 aromatic heterocycles. The molecule has 4 heteroatoms. The van der Waals surface area contributed by atoms with Crippen LogP contribution in [0.25, 0.3) is 33.6 Å². The highest BCUT2D eigenvalue weighted by Crippen LogP contribution is 2.48. The summed E-state index contributed by atoms with van der Waals surface area (Å²) in [7, 11) is 0. The van der Waals surface area contributed by atoms with Crippen molar-refractivity contribution in [3.63, 3.8) is 0 Å². The summed E-state index contributed by atoms with van der Waals surface area (Å²) < 4.78 is 6.51. The van der Waals surface area contributed by atoms with E-state index in [1.807, 2.05) is 48.5 Å². The number of rotatable bonds is 5. The number of hydrogen-bond donors (Lipinski definition) is 1. The summed E-state index contributed by atoms with van der Waals surface area (Å²) in [5.74, 6) is 1.07. The second kappa shape index (κ2) is 12.2. The van der Waals surface area contributed by atoms with Crippen molar-refractivity contribution in [2.75, 3.05) is 0 Å². The fraction of sp³-hybridized carbons (Fsp3) is 0.277. The standard InChI is InChI=1S/C47H46N2O2/c1-45(2,3)36-20-21-37(39(25-36)46(4,5)6)34-23-41(38-14-9-10-16-42(38)50)49-44(24-34)51-43-17-11-15-40(48-43)30-18-19-33-28-47(29-35(33)22-30)26-31-12-7-8-13-32(31)27-47/h7-25,50H,26-29H2,1-6H3. The lowest BCUT2D eigenvalue weighted by Crippen LogP contribution is -2.21. The molecule has 2 aliphatic rings. The summed E-state index contributed by atoms with van der Waals surface area (Å²) in [6, 6.07) is 39.9. The highest BCUT2D eigenvalue weighted by atomic mass is 16.5. The second-order valence-electron chi connectivity index (χ2n) is 16.8. The Kier molecular flexibility index (Phi) is 7.90. The maximum absolute atomic E-state index is 10.9. The molecule has 0 saturated heterocycles. The third kappa shape index (κ3) is 6.44. The van der Waals surface area contributed by atoms with Crippen molar-refractivity contribution in [1.29, 1.82) is 0 Å². The zero-order chi connectivity index (χ0) is 35.5. The van der Waals surface area contributed by atoms with E-state index in [9.17, 15) is 5.11 Å². The number of phenols is 1. The maximum atomic E-state index is 10.9. The normalized spacial score (nSPS) is 14.8. The van der Waals surface area contributed by atoms with E-state index < -0.39 is 0 Å². The molecule has 2 aliphatic carbocycles. The van der Waals surface area contributed by atoms with E-state index in [2.05, 4.69) is 102 Å². The molecule has 4 aromatic carbocycles. The summed E-state index contributed by atoms with van der Waals surface area (Å²) in [6.45, 7) is 13.5. The Morgan fingerprint density at radius 1 is 0.529 bits per heavy atom. The zero-order valence-corrected chi connectivity index (χ0v) is 30.5. The monoisotopic (exact) mass is 670 g/mol. The number of para-hydroxylation sites is 1. The largest absolute Gasteiger partial charge is 0.507 e. The molecule has 1 spiro atoms. The Balaban J connectivity index is 1.14. The first-order chi connectivity index (χ1) is 24.3. The average molecular weight is 671 g/mol. The zero-order valence-electron chi connectivity index (χ0n) is 30.5. The maximum Gasteiger partial charge on any atom is 0.222 e. The van der Waals surface area contributed by atoms with Crippen molar-refractivity contribution >= 4 is 0 Å². The Labute approximate surface area is 302 Å². The molecule has 0 atom stereocenters. The number of aromatic hydroxyl groups is 1. The van der Waals surface area contributed by atoms with E-state index in [0.717, 1.165) is 48.1 Å². The van der Waals surface area contributed by atoms with Gasteiger partial charge in [0, 0.05) is 23.3 Å². The summed E-state index contributed by atoms with van der Waals surface area (Å²) >= 11 is 0. The summed E-state index contributed by atoms with van der Waals surface area (Å²) in [5.41, 5.74) is 14.0. The van der Waals surface area contributed by atoms with Crippen LogP contribution in [-0.4, -0.2) is 15.1 Å².